The molecule has 0 aliphatic heterocycles. The van der Waals surface area contributed by atoms with E-state index < -0.39 is 22.5 Å². The Hall–Kier alpha value is -3.17. The number of hydrazone groups is 1. The predicted molar refractivity (Wildman–Crippen MR) is 133 cm³/mol. The quantitative estimate of drug-likeness (QED) is 0.324. The highest BCUT2D eigenvalue weighted by atomic mass is 79.9. The van der Waals surface area contributed by atoms with Crippen molar-refractivity contribution < 1.29 is 17.9 Å². The molecule has 0 bridgehead atoms. The zero-order chi connectivity index (χ0) is 23.8. The fourth-order valence-corrected chi connectivity index (χ4v) is 4.68. The second-order valence-corrected chi connectivity index (χ2v) is 9.77. The Morgan fingerprint density at radius 2 is 1.64 bits per heavy atom. The molecule has 3 aromatic carbocycles. The van der Waals surface area contributed by atoms with Crippen molar-refractivity contribution in [2.45, 2.75) is 18.7 Å². The first kappa shape index (κ1) is 24.5. The number of benzene rings is 3. The van der Waals surface area contributed by atoms with Crippen molar-refractivity contribution >= 4 is 43.3 Å². The van der Waals surface area contributed by atoms with Gasteiger partial charge in [0.15, 0.2) is 0 Å². The van der Waals surface area contributed by atoms with Crippen LogP contribution >= 0.6 is 15.9 Å². The monoisotopic (exact) mass is 529 g/mol. The number of carbonyl (C=O) groups excluding carboxylic acids is 1. The van der Waals surface area contributed by atoms with Gasteiger partial charge in [-0.2, -0.15) is 5.10 Å². The van der Waals surface area contributed by atoms with E-state index in [1.807, 2.05) is 31.2 Å². The SMILES string of the molecule is CCOc1ccc(N(CC(=O)N/N=C(/C)c2ccc(Br)cc2)S(=O)(=O)c2ccccc2)cc1. The van der Waals surface area contributed by atoms with Crippen molar-refractivity contribution in [1.82, 2.24) is 5.43 Å². The van der Waals surface area contributed by atoms with Crippen LogP contribution in [0, 0.1) is 0 Å². The van der Waals surface area contributed by atoms with Crippen LogP contribution in [-0.4, -0.2) is 33.2 Å². The van der Waals surface area contributed by atoms with Crippen LogP contribution < -0.4 is 14.5 Å². The number of nitrogens with zero attached hydrogens (tertiary/aromatic N) is 2. The van der Waals surface area contributed by atoms with Gasteiger partial charge in [0.2, 0.25) is 0 Å². The zero-order valence-electron chi connectivity index (χ0n) is 18.2. The lowest BCUT2D eigenvalue weighted by molar-refractivity contribution is -0.119. The van der Waals surface area contributed by atoms with Gasteiger partial charge in [-0.05, 0) is 67.9 Å². The van der Waals surface area contributed by atoms with Crippen LogP contribution in [0.3, 0.4) is 0 Å². The number of amides is 1. The highest BCUT2D eigenvalue weighted by Crippen LogP contribution is 2.25. The van der Waals surface area contributed by atoms with E-state index in [9.17, 15) is 13.2 Å². The van der Waals surface area contributed by atoms with E-state index in [0.29, 0.717) is 23.8 Å². The molecule has 0 aliphatic rings. The Labute approximate surface area is 202 Å². The standard InChI is InChI=1S/C24H24BrN3O4S/c1-3-32-22-15-13-21(14-16-22)28(33(30,31)23-7-5-4-6-8-23)17-24(29)27-26-18(2)19-9-11-20(25)12-10-19/h4-16H,3,17H2,1-2H3,(H,27,29)/b26-18-. The Balaban J connectivity index is 1.85. The van der Waals surface area contributed by atoms with Crippen LogP contribution in [0.25, 0.3) is 0 Å². The van der Waals surface area contributed by atoms with E-state index in [0.717, 1.165) is 14.3 Å². The molecule has 1 N–H and O–H groups in total. The average molecular weight is 530 g/mol. The molecular weight excluding hydrogens is 506 g/mol. The van der Waals surface area contributed by atoms with Gasteiger partial charge < -0.3 is 4.74 Å². The molecule has 0 aliphatic carbocycles. The van der Waals surface area contributed by atoms with Crippen LogP contribution in [0.2, 0.25) is 0 Å². The predicted octanol–water partition coefficient (Wildman–Crippen LogP) is 4.58. The molecule has 172 valence electrons. The topological polar surface area (TPSA) is 88.1 Å². The third-order valence-electron chi connectivity index (χ3n) is 4.66. The molecule has 0 saturated heterocycles. The molecule has 0 spiro atoms. The summed E-state index contributed by atoms with van der Waals surface area (Å²) in [4.78, 5) is 12.8. The van der Waals surface area contributed by atoms with Crippen LogP contribution in [0.5, 0.6) is 5.75 Å². The van der Waals surface area contributed by atoms with Crippen LogP contribution in [-0.2, 0) is 14.8 Å². The van der Waals surface area contributed by atoms with Gasteiger partial charge in [-0.15, -0.1) is 0 Å². The van der Waals surface area contributed by atoms with Crippen molar-refractivity contribution in [2.24, 2.45) is 5.10 Å². The first-order valence-electron chi connectivity index (χ1n) is 10.2. The maximum absolute atomic E-state index is 13.3. The van der Waals surface area contributed by atoms with E-state index >= 15 is 0 Å². The molecule has 3 rings (SSSR count). The second-order valence-electron chi connectivity index (χ2n) is 6.99. The Kier molecular flexibility index (Phi) is 8.24. The second kappa shape index (κ2) is 11.1. The van der Waals surface area contributed by atoms with Crippen LogP contribution in [0.15, 0.2) is 93.3 Å². The molecule has 9 heteroatoms. The van der Waals surface area contributed by atoms with Crippen molar-refractivity contribution in [3.8, 4) is 5.75 Å². The van der Waals surface area contributed by atoms with E-state index in [2.05, 4.69) is 26.5 Å². The molecule has 0 atom stereocenters. The molecule has 33 heavy (non-hydrogen) atoms. The molecular formula is C24H24BrN3O4S. The number of rotatable bonds is 9. The van der Waals surface area contributed by atoms with Crippen molar-refractivity contribution in [3.05, 3.63) is 88.9 Å². The Morgan fingerprint density at radius 1 is 1.00 bits per heavy atom. The summed E-state index contributed by atoms with van der Waals surface area (Å²) < 4.78 is 34.1. The number of anilines is 1. The van der Waals surface area contributed by atoms with Crippen molar-refractivity contribution in [2.75, 3.05) is 17.5 Å². The summed E-state index contributed by atoms with van der Waals surface area (Å²) in [7, 11) is -3.99. The van der Waals surface area contributed by atoms with Gasteiger partial charge in [-0.25, -0.2) is 13.8 Å². The molecule has 7 nitrogen and oxygen atoms in total. The van der Waals surface area contributed by atoms with Crippen LogP contribution in [0.4, 0.5) is 5.69 Å². The minimum absolute atomic E-state index is 0.0845. The molecule has 0 radical (unpaired) electrons. The normalized spacial score (nSPS) is 11.7. The fourth-order valence-electron chi connectivity index (χ4n) is 2.98. The molecule has 3 aromatic rings. The molecule has 0 saturated carbocycles. The van der Waals surface area contributed by atoms with Crippen molar-refractivity contribution in [3.63, 3.8) is 0 Å². The third kappa shape index (κ3) is 6.43. The first-order valence-corrected chi connectivity index (χ1v) is 12.4. The minimum atomic E-state index is -3.99. The summed E-state index contributed by atoms with van der Waals surface area (Å²) in [6.45, 7) is 3.67. The Bertz CT molecular complexity index is 1210. The smallest absolute Gasteiger partial charge is 0.264 e. The van der Waals surface area contributed by atoms with Crippen LogP contribution in [0.1, 0.15) is 19.4 Å². The average Bonchev–Trinajstić information content (AvgIpc) is 2.83. The molecule has 1 amide bonds. The lowest BCUT2D eigenvalue weighted by Crippen LogP contribution is -2.39. The molecule has 0 aromatic heterocycles. The van der Waals surface area contributed by atoms with Gasteiger partial charge in [0.25, 0.3) is 15.9 Å². The number of hydrogen-bond acceptors (Lipinski definition) is 5. The van der Waals surface area contributed by atoms with E-state index in [1.165, 1.54) is 12.1 Å². The zero-order valence-corrected chi connectivity index (χ0v) is 20.6. The molecule has 0 fully saturated rings. The lowest BCUT2D eigenvalue weighted by Gasteiger charge is -2.24. The van der Waals surface area contributed by atoms with Gasteiger partial charge in [0.1, 0.15) is 12.3 Å². The summed E-state index contributed by atoms with van der Waals surface area (Å²) >= 11 is 3.38. The van der Waals surface area contributed by atoms with E-state index in [-0.39, 0.29) is 4.90 Å². The highest BCUT2D eigenvalue weighted by Gasteiger charge is 2.27. The summed E-state index contributed by atoms with van der Waals surface area (Å²) in [5.74, 6) is 0.0392. The number of hydrogen-bond donors (Lipinski definition) is 1. The highest BCUT2D eigenvalue weighted by molar-refractivity contribution is 9.10. The maximum Gasteiger partial charge on any atom is 0.264 e. The third-order valence-corrected chi connectivity index (χ3v) is 6.98. The van der Waals surface area contributed by atoms with E-state index in [4.69, 9.17) is 4.74 Å². The summed E-state index contributed by atoms with van der Waals surface area (Å²) in [5, 5.41) is 4.12. The number of halogens is 1. The van der Waals surface area contributed by atoms with Gasteiger partial charge >= 0.3 is 0 Å². The Morgan fingerprint density at radius 3 is 2.24 bits per heavy atom. The minimum Gasteiger partial charge on any atom is -0.494 e. The van der Waals surface area contributed by atoms with Gasteiger partial charge in [0, 0.05) is 4.47 Å². The van der Waals surface area contributed by atoms with E-state index in [1.54, 1.807) is 49.4 Å². The summed E-state index contributed by atoms with van der Waals surface area (Å²) in [6, 6.07) is 22.0. The van der Waals surface area contributed by atoms with Gasteiger partial charge in [0.05, 0.1) is 22.9 Å². The lowest BCUT2D eigenvalue weighted by atomic mass is 10.1. The summed E-state index contributed by atoms with van der Waals surface area (Å²) in [6.07, 6.45) is 0. The number of nitrogens with one attached hydrogen (secondary N) is 1. The molecule has 0 heterocycles. The first-order chi connectivity index (χ1) is 15.8. The van der Waals surface area contributed by atoms with Gasteiger partial charge in [-0.3, -0.25) is 9.10 Å². The molecule has 0 unspecified atom stereocenters. The summed E-state index contributed by atoms with van der Waals surface area (Å²) in [5.41, 5.74) is 4.22. The number of ether oxygens (including phenoxy) is 1. The van der Waals surface area contributed by atoms with Gasteiger partial charge in [-0.1, -0.05) is 46.3 Å². The van der Waals surface area contributed by atoms with Crippen molar-refractivity contribution in [1.29, 1.82) is 0 Å². The number of carbonyl (C=O) groups is 1. The number of sulfonamides is 1. The largest absolute Gasteiger partial charge is 0.494 e. The maximum atomic E-state index is 13.3. The fraction of sp³-hybridized carbons (Fsp3) is 0.167.